The fraction of sp³-hybridized carbons (Fsp3) is 0.846. The van der Waals surface area contributed by atoms with Gasteiger partial charge in [0, 0.05) is 0 Å². The molecule has 0 aliphatic rings. The van der Waals surface area contributed by atoms with E-state index in [2.05, 4.69) is 0 Å². The Bertz CT molecular complexity index is 273. The van der Waals surface area contributed by atoms with E-state index in [-0.39, 0.29) is 12.6 Å². The Hall–Kier alpha value is -1.26. The van der Waals surface area contributed by atoms with E-state index in [1.807, 2.05) is 6.92 Å². The van der Waals surface area contributed by atoms with Crippen LogP contribution in [0.5, 0.6) is 0 Å². The molecule has 5 nitrogen and oxygen atoms in total. The summed E-state index contributed by atoms with van der Waals surface area (Å²) >= 11 is 0. The zero-order valence-electron chi connectivity index (χ0n) is 11.9. The predicted molar refractivity (Wildman–Crippen MR) is 67.2 cm³/mol. The van der Waals surface area contributed by atoms with E-state index in [9.17, 15) is 9.59 Å². The fourth-order valence-electron chi connectivity index (χ4n) is 1.55. The van der Waals surface area contributed by atoms with Gasteiger partial charge in [-0.1, -0.05) is 13.3 Å². The normalized spacial score (nSPS) is 12.7. The Labute approximate surface area is 109 Å². The van der Waals surface area contributed by atoms with E-state index in [1.54, 1.807) is 27.7 Å². The van der Waals surface area contributed by atoms with Crippen molar-refractivity contribution in [2.45, 2.75) is 53.6 Å². The van der Waals surface area contributed by atoms with Crippen LogP contribution in [0.4, 0.5) is 4.79 Å². The third-order valence-corrected chi connectivity index (χ3v) is 2.66. The number of hydrogen-bond acceptors (Lipinski definition) is 5. The lowest BCUT2D eigenvalue weighted by atomic mass is 9.84. The first kappa shape index (κ1) is 16.7. The van der Waals surface area contributed by atoms with Gasteiger partial charge >= 0.3 is 12.1 Å². The minimum atomic E-state index is -0.876. The van der Waals surface area contributed by atoms with Crippen LogP contribution >= 0.6 is 0 Å². The van der Waals surface area contributed by atoms with Crippen molar-refractivity contribution in [3.8, 4) is 0 Å². The largest absolute Gasteiger partial charge is 0.508 e. The van der Waals surface area contributed by atoms with E-state index in [1.165, 1.54) is 0 Å². The lowest BCUT2D eigenvalue weighted by molar-refractivity contribution is -0.161. The van der Waals surface area contributed by atoms with Crippen LogP contribution in [-0.2, 0) is 19.0 Å². The highest BCUT2D eigenvalue weighted by Gasteiger charge is 2.40. The smallest absolute Gasteiger partial charge is 0.465 e. The van der Waals surface area contributed by atoms with Crippen molar-refractivity contribution in [1.82, 2.24) is 0 Å². The number of carbonyl (C=O) groups is 2. The fourth-order valence-corrected chi connectivity index (χ4v) is 1.55. The zero-order valence-corrected chi connectivity index (χ0v) is 11.9. The molecule has 106 valence electrons. The first-order valence-electron chi connectivity index (χ1n) is 6.40. The zero-order chi connectivity index (χ0) is 14.2. The van der Waals surface area contributed by atoms with Crippen molar-refractivity contribution in [2.75, 3.05) is 13.2 Å². The topological polar surface area (TPSA) is 61.8 Å². The van der Waals surface area contributed by atoms with Crippen LogP contribution < -0.4 is 0 Å². The average molecular weight is 260 g/mol. The average Bonchev–Trinajstić information content (AvgIpc) is 2.29. The van der Waals surface area contributed by atoms with Crippen LogP contribution in [0.3, 0.4) is 0 Å². The molecule has 0 aliphatic carbocycles. The summed E-state index contributed by atoms with van der Waals surface area (Å²) < 4.78 is 14.9. The van der Waals surface area contributed by atoms with Gasteiger partial charge < -0.3 is 14.2 Å². The Kier molecular flexibility index (Phi) is 7.39. The van der Waals surface area contributed by atoms with Crippen molar-refractivity contribution < 1.29 is 23.8 Å². The van der Waals surface area contributed by atoms with Crippen molar-refractivity contribution in [1.29, 1.82) is 0 Å². The molecule has 0 aromatic rings. The molecule has 18 heavy (non-hydrogen) atoms. The second kappa shape index (κ2) is 7.95. The summed E-state index contributed by atoms with van der Waals surface area (Å²) in [6.45, 7) is 9.39. The van der Waals surface area contributed by atoms with Gasteiger partial charge in [0.2, 0.25) is 0 Å². The summed E-state index contributed by atoms with van der Waals surface area (Å²) in [4.78, 5) is 23.2. The Morgan fingerprint density at radius 3 is 2.06 bits per heavy atom. The molecule has 0 bridgehead atoms. The standard InChI is InChI=1S/C13H24O5/c1-6-9-10(18-12(15)17-8-3)13(4,5)11(14)16-7-2/h10H,6-9H2,1-5H3. The highest BCUT2D eigenvalue weighted by Crippen LogP contribution is 2.29. The van der Waals surface area contributed by atoms with E-state index in [4.69, 9.17) is 14.2 Å². The van der Waals surface area contributed by atoms with E-state index in [0.717, 1.165) is 6.42 Å². The molecule has 0 heterocycles. The van der Waals surface area contributed by atoms with Crippen LogP contribution in [-0.4, -0.2) is 31.4 Å². The molecule has 1 atom stereocenters. The lowest BCUT2D eigenvalue weighted by Crippen LogP contribution is -2.41. The van der Waals surface area contributed by atoms with Gasteiger partial charge in [0.05, 0.1) is 18.6 Å². The summed E-state index contributed by atoms with van der Waals surface area (Å²) in [5.41, 5.74) is -0.876. The number of rotatable bonds is 7. The quantitative estimate of drug-likeness (QED) is 0.659. The molecule has 0 amide bonds. The Balaban J connectivity index is 4.74. The van der Waals surface area contributed by atoms with Gasteiger partial charge in [0.1, 0.15) is 6.10 Å². The molecule has 0 aromatic heterocycles. The van der Waals surface area contributed by atoms with Crippen LogP contribution in [0.2, 0.25) is 0 Å². The van der Waals surface area contributed by atoms with Gasteiger partial charge in [-0.05, 0) is 34.1 Å². The molecule has 0 spiro atoms. The molecule has 0 fully saturated rings. The molecule has 5 heteroatoms. The van der Waals surface area contributed by atoms with Gasteiger partial charge in [-0.2, -0.15) is 0 Å². The molecule has 0 saturated heterocycles. The molecule has 0 N–H and O–H groups in total. The summed E-state index contributed by atoms with van der Waals surface area (Å²) in [5.74, 6) is -0.368. The van der Waals surface area contributed by atoms with E-state index in [0.29, 0.717) is 13.0 Å². The van der Waals surface area contributed by atoms with Crippen LogP contribution in [0.25, 0.3) is 0 Å². The SMILES string of the molecule is CCCC(OC(=O)OCC)C(C)(C)C(=O)OCC. The molecule has 0 aromatic carbocycles. The highest BCUT2D eigenvalue weighted by molar-refractivity contribution is 5.77. The molecule has 0 saturated carbocycles. The molecule has 0 aliphatic heterocycles. The number of carbonyl (C=O) groups excluding carboxylic acids is 2. The summed E-state index contributed by atoms with van der Waals surface area (Å²) in [6, 6.07) is 0. The Morgan fingerprint density at radius 1 is 1.06 bits per heavy atom. The second-order valence-corrected chi connectivity index (χ2v) is 4.52. The molecular formula is C13H24O5. The summed E-state index contributed by atoms with van der Waals surface area (Å²) in [7, 11) is 0. The van der Waals surface area contributed by atoms with Crippen molar-refractivity contribution in [2.24, 2.45) is 5.41 Å². The molecule has 1 unspecified atom stereocenters. The van der Waals surface area contributed by atoms with E-state index < -0.39 is 17.7 Å². The van der Waals surface area contributed by atoms with Gasteiger partial charge in [-0.15, -0.1) is 0 Å². The third-order valence-electron chi connectivity index (χ3n) is 2.66. The van der Waals surface area contributed by atoms with Crippen molar-refractivity contribution >= 4 is 12.1 Å². The minimum absolute atomic E-state index is 0.248. The number of esters is 1. The Morgan fingerprint density at radius 2 is 1.61 bits per heavy atom. The predicted octanol–water partition coefficient (Wildman–Crippen LogP) is 2.92. The first-order chi connectivity index (χ1) is 8.39. The maximum atomic E-state index is 11.9. The number of ether oxygens (including phenoxy) is 3. The first-order valence-corrected chi connectivity index (χ1v) is 6.40. The number of hydrogen-bond donors (Lipinski definition) is 0. The van der Waals surface area contributed by atoms with Gasteiger partial charge in [-0.25, -0.2) is 4.79 Å². The van der Waals surface area contributed by atoms with Gasteiger partial charge in [-0.3, -0.25) is 4.79 Å². The van der Waals surface area contributed by atoms with Gasteiger partial charge in [0.15, 0.2) is 0 Å². The van der Waals surface area contributed by atoms with Crippen molar-refractivity contribution in [3.05, 3.63) is 0 Å². The molecule has 0 radical (unpaired) electrons. The van der Waals surface area contributed by atoms with Crippen LogP contribution in [0.1, 0.15) is 47.5 Å². The third kappa shape index (κ3) is 4.94. The maximum absolute atomic E-state index is 11.9. The van der Waals surface area contributed by atoms with Crippen LogP contribution in [0.15, 0.2) is 0 Å². The maximum Gasteiger partial charge on any atom is 0.508 e. The lowest BCUT2D eigenvalue weighted by Gasteiger charge is -2.31. The minimum Gasteiger partial charge on any atom is -0.465 e. The monoisotopic (exact) mass is 260 g/mol. The molecular weight excluding hydrogens is 236 g/mol. The van der Waals surface area contributed by atoms with Crippen molar-refractivity contribution in [3.63, 3.8) is 0 Å². The molecule has 0 rings (SSSR count). The summed E-state index contributed by atoms with van der Waals surface area (Å²) in [6.07, 6.45) is 0.103. The highest BCUT2D eigenvalue weighted by atomic mass is 16.7. The van der Waals surface area contributed by atoms with Gasteiger partial charge in [0.25, 0.3) is 0 Å². The summed E-state index contributed by atoms with van der Waals surface area (Å²) in [5, 5.41) is 0. The van der Waals surface area contributed by atoms with Crippen LogP contribution in [0, 0.1) is 5.41 Å². The second-order valence-electron chi connectivity index (χ2n) is 4.52. The van der Waals surface area contributed by atoms with E-state index >= 15 is 0 Å².